The van der Waals surface area contributed by atoms with Crippen LogP contribution in [-0.4, -0.2) is 52.1 Å². The highest BCUT2D eigenvalue weighted by atomic mass is 16.4. The number of fused-ring (bicyclic) bond motifs is 1. The van der Waals surface area contributed by atoms with Crippen LogP contribution >= 0.6 is 0 Å². The Kier molecular flexibility index (Phi) is 5.50. The summed E-state index contributed by atoms with van der Waals surface area (Å²) in [5, 5.41) is 14.6. The van der Waals surface area contributed by atoms with Crippen molar-refractivity contribution in [2.24, 2.45) is 0 Å². The molecule has 1 aliphatic heterocycles. The maximum atomic E-state index is 13.0. The van der Waals surface area contributed by atoms with Gasteiger partial charge in [0.15, 0.2) is 0 Å². The second-order valence-corrected chi connectivity index (χ2v) is 7.91. The Hall–Kier alpha value is -3.62. The minimum atomic E-state index is -0.961. The van der Waals surface area contributed by atoms with Gasteiger partial charge in [-0.05, 0) is 42.0 Å². The Labute approximate surface area is 178 Å². The van der Waals surface area contributed by atoms with Gasteiger partial charge in [-0.2, -0.15) is 0 Å². The molecule has 3 amide bonds. The molecule has 2 heterocycles. The van der Waals surface area contributed by atoms with Crippen molar-refractivity contribution in [3.05, 3.63) is 68.6 Å². The number of hydrogen-bond acceptors (Lipinski definition) is 4. The summed E-state index contributed by atoms with van der Waals surface area (Å²) in [7, 11) is 1.44. The topological polar surface area (TPSA) is 121 Å². The van der Waals surface area contributed by atoms with Gasteiger partial charge < -0.3 is 25.2 Å². The van der Waals surface area contributed by atoms with Crippen molar-refractivity contribution in [3.8, 4) is 0 Å². The highest BCUT2D eigenvalue weighted by Gasteiger charge is 2.26. The first-order valence-electron chi connectivity index (χ1n) is 10.2. The van der Waals surface area contributed by atoms with Crippen LogP contribution in [-0.2, 0) is 19.5 Å². The number of aromatic nitrogens is 1. The van der Waals surface area contributed by atoms with Crippen LogP contribution in [0.2, 0.25) is 0 Å². The van der Waals surface area contributed by atoms with Crippen molar-refractivity contribution in [1.82, 2.24) is 20.1 Å². The van der Waals surface area contributed by atoms with Gasteiger partial charge in [0.05, 0.1) is 12.1 Å². The fraction of sp³-hybridized carbons (Fsp3) is 0.364. The predicted molar refractivity (Wildman–Crippen MR) is 112 cm³/mol. The molecular formula is C22H24N4O5. The number of amides is 3. The number of benzene rings is 1. The van der Waals surface area contributed by atoms with E-state index in [0.717, 1.165) is 29.5 Å². The van der Waals surface area contributed by atoms with Crippen LogP contribution in [0, 0.1) is 0 Å². The van der Waals surface area contributed by atoms with Gasteiger partial charge in [0, 0.05) is 32.4 Å². The molecule has 162 valence electrons. The first kappa shape index (κ1) is 20.6. The van der Waals surface area contributed by atoms with E-state index in [-0.39, 0.29) is 29.6 Å². The molecule has 1 aliphatic carbocycles. The zero-order valence-corrected chi connectivity index (χ0v) is 17.2. The molecule has 4 rings (SSSR count). The molecule has 1 aromatic carbocycles. The Morgan fingerprint density at radius 1 is 1.19 bits per heavy atom. The second kappa shape index (κ2) is 8.25. The van der Waals surface area contributed by atoms with E-state index in [1.165, 1.54) is 28.8 Å². The lowest BCUT2D eigenvalue weighted by molar-refractivity contribution is 0.0950. The van der Waals surface area contributed by atoms with Crippen LogP contribution in [0.1, 0.15) is 50.2 Å². The molecule has 1 fully saturated rings. The number of carboxylic acid groups (broad SMARTS) is 1. The maximum absolute atomic E-state index is 13.0. The van der Waals surface area contributed by atoms with Gasteiger partial charge in [-0.15, -0.1) is 0 Å². The minimum Gasteiger partial charge on any atom is -0.465 e. The fourth-order valence-electron chi connectivity index (χ4n) is 3.85. The third kappa shape index (κ3) is 4.30. The van der Waals surface area contributed by atoms with Crippen LogP contribution in [0.3, 0.4) is 0 Å². The average Bonchev–Trinajstić information content (AvgIpc) is 3.58. The SMILES string of the molecule is CNC(=O)c1cc(C(=O)NC2CC2)cn(Cc2cccc3c2CCN(C(=O)O)C3)c1=O. The zero-order valence-electron chi connectivity index (χ0n) is 17.2. The molecule has 3 N–H and O–H groups in total. The summed E-state index contributed by atoms with van der Waals surface area (Å²) in [6.45, 7) is 0.853. The van der Waals surface area contributed by atoms with E-state index in [1.807, 2.05) is 18.2 Å². The van der Waals surface area contributed by atoms with Gasteiger partial charge >= 0.3 is 6.09 Å². The van der Waals surface area contributed by atoms with E-state index >= 15 is 0 Å². The van der Waals surface area contributed by atoms with Crippen molar-refractivity contribution >= 4 is 17.9 Å². The van der Waals surface area contributed by atoms with E-state index < -0.39 is 17.6 Å². The molecular weight excluding hydrogens is 400 g/mol. The molecule has 0 saturated heterocycles. The fourth-order valence-corrected chi connectivity index (χ4v) is 3.85. The highest BCUT2D eigenvalue weighted by molar-refractivity contribution is 5.99. The number of nitrogens with one attached hydrogen (secondary N) is 2. The van der Waals surface area contributed by atoms with E-state index in [9.17, 15) is 24.3 Å². The molecule has 31 heavy (non-hydrogen) atoms. The first-order chi connectivity index (χ1) is 14.9. The Morgan fingerprint density at radius 3 is 2.65 bits per heavy atom. The number of nitrogens with zero attached hydrogens (tertiary/aromatic N) is 2. The third-order valence-electron chi connectivity index (χ3n) is 5.71. The molecule has 9 heteroatoms. The summed E-state index contributed by atoms with van der Waals surface area (Å²) in [5.41, 5.74) is 2.45. The Bertz CT molecular complexity index is 1120. The molecule has 2 aromatic rings. The van der Waals surface area contributed by atoms with E-state index in [0.29, 0.717) is 19.5 Å². The molecule has 1 saturated carbocycles. The summed E-state index contributed by atoms with van der Waals surface area (Å²) in [4.78, 5) is 50.5. The summed E-state index contributed by atoms with van der Waals surface area (Å²) >= 11 is 0. The summed E-state index contributed by atoms with van der Waals surface area (Å²) in [6, 6.07) is 7.08. The van der Waals surface area contributed by atoms with Gasteiger partial charge in [-0.1, -0.05) is 18.2 Å². The van der Waals surface area contributed by atoms with Crippen molar-refractivity contribution in [1.29, 1.82) is 0 Å². The molecule has 0 unspecified atom stereocenters. The van der Waals surface area contributed by atoms with E-state index in [4.69, 9.17) is 0 Å². The molecule has 0 radical (unpaired) electrons. The van der Waals surface area contributed by atoms with Gasteiger partial charge in [0.25, 0.3) is 17.4 Å². The van der Waals surface area contributed by atoms with E-state index in [1.54, 1.807) is 0 Å². The largest absolute Gasteiger partial charge is 0.465 e. The van der Waals surface area contributed by atoms with Crippen molar-refractivity contribution < 1.29 is 19.5 Å². The van der Waals surface area contributed by atoms with Crippen molar-refractivity contribution in [3.63, 3.8) is 0 Å². The minimum absolute atomic E-state index is 0.0900. The van der Waals surface area contributed by atoms with Crippen LogP contribution in [0.4, 0.5) is 4.79 Å². The summed E-state index contributed by atoms with van der Waals surface area (Å²) in [6.07, 6.45) is 2.92. The molecule has 0 atom stereocenters. The summed E-state index contributed by atoms with van der Waals surface area (Å²) in [5.74, 6) is -0.861. The van der Waals surface area contributed by atoms with E-state index in [2.05, 4.69) is 10.6 Å². The molecule has 0 bridgehead atoms. The normalized spacial score (nSPS) is 15.2. The van der Waals surface area contributed by atoms with Gasteiger partial charge in [-0.3, -0.25) is 14.4 Å². The van der Waals surface area contributed by atoms with Crippen LogP contribution in [0.5, 0.6) is 0 Å². The lowest BCUT2D eigenvalue weighted by Crippen LogP contribution is -2.36. The van der Waals surface area contributed by atoms with Gasteiger partial charge in [0.1, 0.15) is 5.56 Å². The number of hydrogen-bond donors (Lipinski definition) is 3. The Morgan fingerprint density at radius 2 is 1.97 bits per heavy atom. The maximum Gasteiger partial charge on any atom is 0.407 e. The monoisotopic (exact) mass is 424 g/mol. The van der Waals surface area contributed by atoms with Crippen molar-refractivity contribution in [2.75, 3.05) is 13.6 Å². The first-order valence-corrected chi connectivity index (χ1v) is 10.2. The Balaban J connectivity index is 1.70. The van der Waals surface area contributed by atoms with Crippen LogP contribution in [0.15, 0.2) is 35.3 Å². The number of carbonyl (C=O) groups excluding carboxylic acids is 2. The smallest absolute Gasteiger partial charge is 0.407 e. The molecule has 9 nitrogen and oxygen atoms in total. The predicted octanol–water partition coefficient (Wildman–Crippen LogP) is 1.18. The zero-order chi connectivity index (χ0) is 22.1. The lowest BCUT2D eigenvalue weighted by atomic mass is 9.94. The van der Waals surface area contributed by atoms with Crippen molar-refractivity contribution in [2.45, 2.75) is 38.4 Å². The summed E-state index contributed by atoms with van der Waals surface area (Å²) < 4.78 is 1.38. The standard InChI is InChI=1S/C22H24N4O5/c1-23-20(28)18-9-15(19(27)24-16-5-6-16)12-26(21(18)29)11-14-4-2-3-13-10-25(22(30)31)8-7-17(13)14/h2-4,9,12,16H,5-8,10-11H2,1H3,(H,23,28)(H,24,27)(H,30,31). The van der Waals surface area contributed by atoms with Gasteiger partial charge in [0.2, 0.25) is 0 Å². The number of rotatable bonds is 5. The quantitative estimate of drug-likeness (QED) is 0.666. The third-order valence-corrected chi connectivity index (χ3v) is 5.71. The molecule has 0 spiro atoms. The molecule has 1 aromatic heterocycles. The number of carbonyl (C=O) groups is 3. The second-order valence-electron chi connectivity index (χ2n) is 7.91. The van der Waals surface area contributed by atoms with Crippen LogP contribution < -0.4 is 16.2 Å². The average molecular weight is 424 g/mol. The van der Waals surface area contributed by atoms with Crippen LogP contribution in [0.25, 0.3) is 0 Å². The van der Waals surface area contributed by atoms with Gasteiger partial charge in [-0.25, -0.2) is 4.79 Å². The lowest BCUT2D eigenvalue weighted by Gasteiger charge is -2.28. The molecule has 2 aliphatic rings. The highest BCUT2D eigenvalue weighted by Crippen LogP contribution is 2.24. The number of pyridine rings is 1.